The Hall–Kier alpha value is -2.28. The number of anilines is 1. The van der Waals surface area contributed by atoms with Gasteiger partial charge in [0.05, 0.1) is 22.0 Å². The Kier molecular flexibility index (Phi) is 4.51. The van der Waals surface area contributed by atoms with E-state index in [0.29, 0.717) is 10.6 Å². The van der Waals surface area contributed by atoms with Crippen LogP contribution in [-0.4, -0.2) is 22.0 Å². The maximum absolute atomic E-state index is 13.9. The molecule has 122 valence electrons. The molecule has 2 aromatic rings. The van der Waals surface area contributed by atoms with Crippen molar-refractivity contribution in [1.29, 1.82) is 0 Å². The summed E-state index contributed by atoms with van der Waals surface area (Å²) in [5.74, 6) is -2.48. The molecule has 1 heterocycles. The van der Waals surface area contributed by atoms with Crippen LogP contribution < -0.4 is 5.32 Å². The van der Waals surface area contributed by atoms with E-state index in [1.54, 1.807) is 6.92 Å². The largest absolute Gasteiger partial charge is 0.478 e. The molecule has 0 saturated heterocycles. The molecule has 7 heteroatoms. The summed E-state index contributed by atoms with van der Waals surface area (Å²) < 4.78 is 13.9. The number of carboxylic acid groups (broad SMARTS) is 1. The predicted molar refractivity (Wildman–Crippen MR) is 86.9 cm³/mol. The van der Waals surface area contributed by atoms with E-state index in [4.69, 9.17) is 5.11 Å². The van der Waals surface area contributed by atoms with Crippen LogP contribution in [0.2, 0.25) is 0 Å². The van der Waals surface area contributed by atoms with Crippen molar-refractivity contribution in [1.82, 2.24) is 4.98 Å². The molecule has 0 unspecified atom stereocenters. The molecular weight excluding hydrogens is 319 g/mol. The van der Waals surface area contributed by atoms with Gasteiger partial charge in [-0.1, -0.05) is 20.8 Å². The first-order valence-electron chi connectivity index (χ1n) is 6.91. The van der Waals surface area contributed by atoms with Gasteiger partial charge in [-0.25, -0.2) is 14.2 Å². The first-order valence-corrected chi connectivity index (χ1v) is 7.73. The van der Waals surface area contributed by atoms with E-state index in [0.717, 1.165) is 11.1 Å². The molecule has 2 N–H and O–H groups in total. The molecular formula is C16H17FN2O3S. The van der Waals surface area contributed by atoms with E-state index >= 15 is 0 Å². The third-order valence-electron chi connectivity index (χ3n) is 3.11. The molecule has 0 atom stereocenters. The van der Waals surface area contributed by atoms with Gasteiger partial charge in [-0.3, -0.25) is 4.79 Å². The van der Waals surface area contributed by atoms with Crippen LogP contribution in [0.5, 0.6) is 0 Å². The molecule has 1 amide bonds. The standard InChI is InChI=1S/C16H17FN2O3S/c1-8-12(23-15(18-8)16(2,3)4)13(20)19-11-6-5-9(14(21)22)7-10(11)17/h5-7H,1-4H3,(H,19,20)(H,21,22). The van der Waals surface area contributed by atoms with Crippen LogP contribution in [-0.2, 0) is 5.41 Å². The quantitative estimate of drug-likeness (QED) is 0.892. The fraction of sp³-hybridized carbons (Fsp3) is 0.312. The van der Waals surface area contributed by atoms with Gasteiger partial charge in [-0.15, -0.1) is 11.3 Å². The molecule has 0 aliphatic heterocycles. The number of aromatic nitrogens is 1. The van der Waals surface area contributed by atoms with E-state index in [1.807, 2.05) is 20.8 Å². The molecule has 1 aromatic carbocycles. The molecule has 0 saturated carbocycles. The second-order valence-electron chi connectivity index (χ2n) is 6.14. The third kappa shape index (κ3) is 3.73. The van der Waals surface area contributed by atoms with Crippen molar-refractivity contribution in [2.75, 3.05) is 5.32 Å². The van der Waals surface area contributed by atoms with Gasteiger partial charge in [0.2, 0.25) is 0 Å². The number of carboxylic acids is 1. The zero-order chi connectivity index (χ0) is 17.4. The molecule has 23 heavy (non-hydrogen) atoms. The number of aryl methyl sites for hydroxylation is 1. The number of nitrogens with one attached hydrogen (secondary N) is 1. The van der Waals surface area contributed by atoms with Crippen molar-refractivity contribution in [3.8, 4) is 0 Å². The maximum atomic E-state index is 13.9. The Bertz CT molecular complexity index is 778. The highest BCUT2D eigenvalue weighted by atomic mass is 32.1. The van der Waals surface area contributed by atoms with E-state index < -0.39 is 17.7 Å². The van der Waals surface area contributed by atoms with Crippen molar-refractivity contribution in [2.24, 2.45) is 0 Å². The zero-order valence-corrected chi connectivity index (χ0v) is 14.0. The minimum Gasteiger partial charge on any atom is -0.478 e. The van der Waals surface area contributed by atoms with E-state index in [2.05, 4.69) is 10.3 Å². The number of amides is 1. The monoisotopic (exact) mass is 336 g/mol. The van der Waals surface area contributed by atoms with Gasteiger partial charge in [-0.05, 0) is 25.1 Å². The number of thiazole rings is 1. The normalized spacial score (nSPS) is 11.3. The van der Waals surface area contributed by atoms with E-state index in [-0.39, 0.29) is 16.7 Å². The smallest absolute Gasteiger partial charge is 0.335 e. The lowest BCUT2D eigenvalue weighted by Crippen LogP contribution is -2.13. The highest BCUT2D eigenvalue weighted by Gasteiger charge is 2.23. The summed E-state index contributed by atoms with van der Waals surface area (Å²) in [6.07, 6.45) is 0. The summed E-state index contributed by atoms with van der Waals surface area (Å²) >= 11 is 1.27. The average Bonchev–Trinajstić information content (AvgIpc) is 2.83. The second-order valence-corrected chi connectivity index (χ2v) is 7.14. The number of benzene rings is 1. The number of aromatic carboxylic acids is 1. The van der Waals surface area contributed by atoms with Gasteiger partial charge in [0.1, 0.15) is 10.7 Å². The zero-order valence-electron chi connectivity index (χ0n) is 13.2. The first-order chi connectivity index (χ1) is 10.6. The number of rotatable bonds is 3. The van der Waals surface area contributed by atoms with Crippen molar-refractivity contribution in [2.45, 2.75) is 33.1 Å². The van der Waals surface area contributed by atoms with E-state index in [1.165, 1.54) is 23.5 Å². The average molecular weight is 336 g/mol. The van der Waals surface area contributed by atoms with Crippen molar-refractivity contribution in [3.05, 3.63) is 45.2 Å². The van der Waals surface area contributed by atoms with Gasteiger partial charge >= 0.3 is 5.97 Å². The number of carbonyl (C=O) groups excluding carboxylic acids is 1. The van der Waals surface area contributed by atoms with E-state index in [9.17, 15) is 14.0 Å². The number of nitrogens with zero attached hydrogens (tertiary/aromatic N) is 1. The lowest BCUT2D eigenvalue weighted by Gasteiger charge is -2.13. The van der Waals surface area contributed by atoms with Crippen LogP contribution in [0.3, 0.4) is 0 Å². The number of hydrogen-bond acceptors (Lipinski definition) is 4. The summed E-state index contributed by atoms with van der Waals surface area (Å²) in [6.45, 7) is 7.72. The van der Waals surface area contributed by atoms with Crippen LogP contribution in [0.15, 0.2) is 18.2 Å². The first kappa shape index (κ1) is 17.1. The SMILES string of the molecule is Cc1nc(C(C)(C)C)sc1C(=O)Nc1ccc(C(=O)O)cc1F. The van der Waals surface area contributed by atoms with Gasteiger partial charge in [-0.2, -0.15) is 0 Å². The van der Waals surface area contributed by atoms with Gasteiger partial charge in [0.25, 0.3) is 5.91 Å². The van der Waals surface area contributed by atoms with Gasteiger partial charge < -0.3 is 10.4 Å². The summed E-state index contributed by atoms with van der Waals surface area (Å²) in [5.41, 5.74) is 0.164. The number of carbonyl (C=O) groups is 2. The van der Waals surface area contributed by atoms with Gasteiger partial charge in [0, 0.05) is 5.41 Å². The minimum absolute atomic E-state index is 0.0647. The fourth-order valence-electron chi connectivity index (χ4n) is 1.86. The molecule has 2 rings (SSSR count). The van der Waals surface area contributed by atoms with Crippen LogP contribution in [0, 0.1) is 12.7 Å². The Morgan fingerprint density at radius 2 is 1.96 bits per heavy atom. The lowest BCUT2D eigenvalue weighted by molar-refractivity contribution is 0.0696. The highest BCUT2D eigenvalue weighted by Crippen LogP contribution is 2.30. The fourth-order valence-corrected chi connectivity index (χ4v) is 2.88. The maximum Gasteiger partial charge on any atom is 0.335 e. The van der Waals surface area contributed by atoms with Gasteiger partial charge in [0.15, 0.2) is 0 Å². The Balaban J connectivity index is 2.26. The van der Waals surface area contributed by atoms with Crippen molar-refractivity contribution >= 4 is 28.9 Å². The van der Waals surface area contributed by atoms with Crippen LogP contribution in [0.1, 0.15) is 51.5 Å². The summed E-state index contributed by atoms with van der Waals surface area (Å²) in [6, 6.07) is 3.34. The molecule has 0 bridgehead atoms. The Morgan fingerprint density at radius 3 is 2.43 bits per heavy atom. The molecule has 5 nitrogen and oxygen atoms in total. The Morgan fingerprint density at radius 1 is 1.30 bits per heavy atom. The summed E-state index contributed by atoms with van der Waals surface area (Å²) in [5, 5.41) is 12.1. The topological polar surface area (TPSA) is 79.3 Å². The molecule has 0 fully saturated rings. The molecule has 0 spiro atoms. The number of halogens is 1. The van der Waals surface area contributed by atoms with Crippen LogP contribution in [0.4, 0.5) is 10.1 Å². The second kappa shape index (κ2) is 6.08. The highest BCUT2D eigenvalue weighted by molar-refractivity contribution is 7.14. The number of hydrogen-bond donors (Lipinski definition) is 2. The lowest BCUT2D eigenvalue weighted by atomic mass is 9.98. The summed E-state index contributed by atoms with van der Waals surface area (Å²) in [4.78, 5) is 27.9. The van der Waals surface area contributed by atoms with Crippen molar-refractivity contribution < 1.29 is 19.1 Å². The molecule has 0 aliphatic rings. The molecule has 1 aromatic heterocycles. The Labute approximate surface area is 137 Å². The molecule has 0 aliphatic carbocycles. The van der Waals surface area contributed by atoms with Crippen LogP contribution in [0.25, 0.3) is 0 Å². The minimum atomic E-state index is -1.23. The van der Waals surface area contributed by atoms with Crippen molar-refractivity contribution in [3.63, 3.8) is 0 Å². The third-order valence-corrected chi connectivity index (χ3v) is 4.69. The van der Waals surface area contributed by atoms with Crippen LogP contribution >= 0.6 is 11.3 Å². The predicted octanol–water partition coefficient (Wildman–Crippen LogP) is 3.84. The summed E-state index contributed by atoms with van der Waals surface area (Å²) in [7, 11) is 0. The molecule has 0 radical (unpaired) electrons.